The maximum atomic E-state index is 12.1. The third kappa shape index (κ3) is 3.87. The van der Waals surface area contributed by atoms with Crippen LogP contribution in [0.2, 0.25) is 5.02 Å². The first-order valence-corrected chi connectivity index (χ1v) is 6.66. The lowest BCUT2D eigenvalue weighted by Gasteiger charge is -2.24. The van der Waals surface area contributed by atoms with Crippen LogP contribution in [0.15, 0.2) is 18.2 Å². The van der Waals surface area contributed by atoms with Gasteiger partial charge >= 0.3 is 0 Å². The van der Waals surface area contributed by atoms with Crippen LogP contribution in [0.3, 0.4) is 0 Å². The Kier molecular flexibility index (Phi) is 5.65. The molecule has 0 fully saturated rings. The van der Waals surface area contributed by atoms with Crippen molar-refractivity contribution in [2.45, 2.75) is 26.8 Å². The van der Waals surface area contributed by atoms with Crippen LogP contribution in [0.5, 0.6) is 0 Å². The lowest BCUT2D eigenvalue weighted by molar-refractivity contribution is -0.131. The summed E-state index contributed by atoms with van der Waals surface area (Å²) < 4.78 is 0. The van der Waals surface area contributed by atoms with Gasteiger partial charge in [0, 0.05) is 13.1 Å². The SMILES string of the molecule is CCN(CC)C(=O)C(C)Nc1cc(C#N)ccc1Cl. The molecular formula is C14H18ClN3O. The van der Waals surface area contributed by atoms with Crippen molar-refractivity contribution in [1.82, 2.24) is 4.90 Å². The molecule has 1 atom stereocenters. The van der Waals surface area contributed by atoms with Gasteiger partial charge in [0.2, 0.25) is 5.91 Å². The number of nitrogens with zero attached hydrogens (tertiary/aromatic N) is 2. The number of carbonyl (C=O) groups excluding carboxylic acids is 1. The minimum atomic E-state index is -0.383. The number of hydrogen-bond acceptors (Lipinski definition) is 3. The van der Waals surface area contributed by atoms with Crippen LogP contribution >= 0.6 is 11.6 Å². The zero-order chi connectivity index (χ0) is 14.4. The van der Waals surface area contributed by atoms with Crippen molar-refractivity contribution >= 4 is 23.2 Å². The van der Waals surface area contributed by atoms with E-state index in [-0.39, 0.29) is 11.9 Å². The van der Waals surface area contributed by atoms with Gasteiger partial charge in [0.1, 0.15) is 6.04 Å². The standard InChI is InChI=1S/C14H18ClN3O/c1-4-18(5-2)14(19)10(3)17-13-8-11(9-16)6-7-12(13)15/h6-8,10,17H,4-5H2,1-3H3. The fourth-order valence-corrected chi connectivity index (χ4v) is 1.98. The molecule has 1 aromatic rings. The smallest absolute Gasteiger partial charge is 0.244 e. The van der Waals surface area contributed by atoms with Gasteiger partial charge in [-0.05, 0) is 39.0 Å². The molecule has 19 heavy (non-hydrogen) atoms. The van der Waals surface area contributed by atoms with Crippen LogP contribution in [0.25, 0.3) is 0 Å². The second-order valence-electron chi connectivity index (χ2n) is 4.18. The highest BCUT2D eigenvalue weighted by atomic mass is 35.5. The highest BCUT2D eigenvalue weighted by Gasteiger charge is 2.18. The van der Waals surface area contributed by atoms with Gasteiger partial charge in [-0.25, -0.2) is 0 Å². The van der Waals surface area contributed by atoms with E-state index in [0.29, 0.717) is 29.4 Å². The van der Waals surface area contributed by atoms with Crippen molar-refractivity contribution in [3.63, 3.8) is 0 Å². The average Bonchev–Trinajstić information content (AvgIpc) is 2.42. The van der Waals surface area contributed by atoms with Crippen molar-refractivity contribution in [1.29, 1.82) is 5.26 Å². The highest BCUT2D eigenvalue weighted by Crippen LogP contribution is 2.23. The predicted molar refractivity (Wildman–Crippen MR) is 77.2 cm³/mol. The van der Waals surface area contributed by atoms with Gasteiger partial charge in [-0.3, -0.25) is 4.79 Å². The summed E-state index contributed by atoms with van der Waals surface area (Å²) in [6.45, 7) is 7.02. The van der Waals surface area contributed by atoms with Gasteiger partial charge in [-0.1, -0.05) is 11.6 Å². The molecular weight excluding hydrogens is 262 g/mol. The first kappa shape index (κ1) is 15.3. The third-order valence-corrected chi connectivity index (χ3v) is 3.24. The van der Waals surface area contributed by atoms with Gasteiger partial charge < -0.3 is 10.2 Å². The number of amides is 1. The molecule has 0 aliphatic rings. The van der Waals surface area contributed by atoms with Crippen molar-refractivity contribution in [2.24, 2.45) is 0 Å². The van der Waals surface area contributed by atoms with Crippen LogP contribution < -0.4 is 5.32 Å². The van der Waals surface area contributed by atoms with Crippen LogP contribution in [0.1, 0.15) is 26.3 Å². The van der Waals surface area contributed by atoms with Gasteiger partial charge in [0.05, 0.1) is 22.3 Å². The van der Waals surface area contributed by atoms with E-state index < -0.39 is 0 Å². The van der Waals surface area contributed by atoms with Gasteiger partial charge in [0.25, 0.3) is 0 Å². The molecule has 1 aromatic carbocycles. The topological polar surface area (TPSA) is 56.1 Å². The number of halogens is 1. The number of rotatable bonds is 5. The van der Waals surface area contributed by atoms with Crippen molar-refractivity contribution < 1.29 is 4.79 Å². The van der Waals surface area contributed by atoms with Crippen molar-refractivity contribution in [2.75, 3.05) is 18.4 Å². The summed E-state index contributed by atoms with van der Waals surface area (Å²) in [5, 5.41) is 12.4. The molecule has 0 heterocycles. The van der Waals surface area contributed by atoms with E-state index in [9.17, 15) is 4.79 Å². The summed E-state index contributed by atoms with van der Waals surface area (Å²) in [6, 6.07) is 6.61. The molecule has 1 unspecified atom stereocenters. The molecule has 0 aliphatic heterocycles. The lowest BCUT2D eigenvalue weighted by atomic mass is 10.2. The molecule has 0 saturated carbocycles. The quantitative estimate of drug-likeness (QED) is 0.902. The molecule has 0 saturated heterocycles. The highest BCUT2D eigenvalue weighted by molar-refractivity contribution is 6.33. The van der Waals surface area contributed by atoms with Crippen LogP contribution in [0, 0.1) is 11.3 Å². The first-order valence-electron chi connectivity index (χ1n) is 6.28. The van der Waals surface area contributed by atoms with Crippen molar-refractivity contribution in [3.05, 3.63) is 28.8 Å². The summed E-state index contributed by atoms with van der Waals surface area (Å²) in [6.07, 6.45) is 0. The number of nitrogens with one attached hydrogen (secondary N) is 1. The van der Waals surface area contributed by atoms with E-state index >= 15 is 0 Å². The average molecular weight is 280 g/mol. The molecule has 0 aromatic heterocycles. The van der Waals surface area contributed by atoms with E-state index in [0.717, 1.165) is 0 Å². The molecule has 102 valence electrons. The molecule has 1 amide bonds. The van der Waals surface area contributed by atoms with E-state index in [1.165, 1.54) is 0 Å². The summed E-state index contributed by atoms with van der Waals surface area (Å²) in [5.41, 5.74) is 1.11. The molecule has 1 N–H and O–H groups in total. The number of carbonyl (C=O) groups is 1. The minimum Gasteiger partial charge on any atom is -0.373 e. The largest absolute Gasteiger partial charge is 0.373 e. The molecule has 0 aliphatic carbocycles. The third-order valence-electron chi connectivity index (χ3n) is 2.91. The Morgan fingerprint density at radius 1 is 1.47 bits per heavy atom. The number of nitriles is 1. The number of anilines is 1. The van der Waals surface area contributed by atoms with Crippen molar-refractivity contribution in [3.8, 4) is 6.07 Å². The van der Waals surface area contributed by atoms with Gasteiger partial charge in [0.15, 0.2) is 0 Å². The molecule has 0 radical (unpaired) electrons. The Labute approximate surface area is 119 Å². The Morgan fingerprint density at radius 3 is 2.63 bits per heavy atom. The number of hydrogen-bond donors (Lipinski definition) is 1. The van der Waals surface area contributed by atoms with E-state index in [1.807, 2.05) is 19.9 Å². The Balaban J connectivity index is 2.85. The predicted octanol–water partition coefficient (Wildman–Crippen LogP) is 2.88. The van der Waals surface area contributed by atoms with Crippen LogP contribution in [-0.4, -0.2) is 29.9 Å². The fourth-order valence-electron chi connectivity index (χ4n) is 1.81. The molecule has 0 bridgehead atoms. The normalized spacial score (nSPS) is 11.5. The second-order valence-corrected chi connectivity index (χ2v) is 4.59. The lowest BCUT2D eigenvalue weighted by Crippen LogP contribution is -2.41. The number of likely N-dealkylation sites (N-methyl/N-ethyl adjacent to an activating group) is 1. The van der Waals surface area contributed by atoms with Crippen LogP contribution in [0.4, 0.5) is 5.69 Å². The van der Waals surface area contributed by atoms with E-state index in [4.69, 9.17) is 16.9 Å². The maximum absolute atomic E-state index is 12.1. The summed E-state index contributed by atoms with van der Waals surface area (Å²) in [7, 11) is 0. The van der Waals surface area contributed by atoms with E-state index in [2.05, 4.69) is 5.32 Å². The summed E-state index contributed by atoms with van der Waals surface area (Å²) in [4.78, 5) is 13.9. The van der Waals surface area contributed by atoms with Gasteiger partial charge in [-0.2, -0.15) is 5.26 Å². The Hall–Kier alpha value is -1.73. The maximum Gasteiger partial charge on any atom is 0.244 e. The van der Waals surface area contributed by atoms with Crippen LogP contribution in [-0.2, 0) is 4.79 Å². The monoisotopic (exact) mass is 279 g/mol. The van der Waals surface area contributed by atoms with Gasteiger partial charge in [-0.15, -0.1) is 0 Å². The fraction of sp³-hybridized carbons (Fsp3) is 0.429. The summed E-state index contributed by atoms with van der Waals surface area (Å²) in [5.74, 6) is 0.0171. The molecule has 5 heteroatoms. The van der Waals surface area contributed by atoms with E-state index in [1.54, 1.807) is 30.0 Å². The molecule has 1 rings (SSSR count). The second kappa shape index (κ2) is 7.01. The summed E-state index contributed by atoms with van der Waals surface area (Å²) >= 11 is 6.05. The minimum absolute atomic E-state index is 0.0171. The molecule has 4 nitrogen and oxygen atoms in total. The number of benzene rings is 1. The zero-order valence-corrected chi connectivity index (χ0v) is 12.2. The Bertz CT molecular complexity index is 492. The molecule has 0 spiro atoms. The Morgan fingerprint density at radius 2 is 2.11 bits per heavy atom. The first-order chi connectivity index (χ1) is 9.03. The zero-order valence-electron chi connectivity index (χ0n) is 11.4.